The molecule has 27 heavy (non-hydrogen) atoms. The van der Waals surface area contributed by atoms with E-state index in [1.807, 2.05) is 25.1 Å². The van der Waals surface area contributed by atoms with E-state index in [-0.39, 0.29) is 30.1 Å². The smallest absolute Gasteiger partial charge is 0.243 e. The van der Waals surface area contributed by atoms with Crippen LogP contribution in [0.2, 0.25) is 0 Å². The molecule has 0 saturated heterocycles. The molecule has 0 aromatic heterocycles. The van der Waals surface area contributed by atoms with Crippen LogP contribution < -0.4 is 16.0 Å². The summed E-state index contributed by atoms with van der Waals surface area (Å²) in [6, 6.07) is 12.5. The highest BCUT2D eigenvalue weighted by Gasteiger charge is 2.29. The van der Waals surface area contributed by atoms with Gasteiger partial charge in [-0.15, -0.1) is 0 Å². The van der Waals surface area contributed by atoms with Crippen LogP contribution in [0.1, 0.15) is 35.7 Å². The molecule has 1 fully saturated rings. The molecule has 3 rings (SSSR count). The molecule has 0 bridgehead atoms. The molecular weight excluding hydrogens is 342 g/mol. The van der Waals surface area contributed by atoms with Gasteiger partial charge in [0.15, 0.2) is 5.78 Å². The number of aryl methyl sites for hydroxylation is 1. The third kappa shape index (κ3) is 4.94. The number of benzene rings is 2. The van der Waals surface area contributed by atoms with Crippen molar-refractivity contribution in [3.63, 3.8) is 0 Å². The van der Waals surface area contributed by atoms with E-state index >= 15 is 0 Å². The fourth-order valence-corrected chi connectivity index (χ4v) is 2.75. The maximum atomic E-state index is 12.3. The van der Waals surface area contributed by atoms with Gasteiger partial charge in [0.25, 0.3) is 0 Å². The molecule has 6 heteroatoms. The number of ketones is 1. The predicted molar refractivity (Wildman–Crippen MR) is 106 cm³/mol. The van der Waals surface area contributed by atoms with Crippen LogP contribution in [0, 0.1) is 12.8 Å². The van der Waals surface area contributed by atoms with E-state index in [9.17, 15) is 14.4 Å². The third-order valence-electron chi connectivity index (χ3n) is 4.47. The van der Waals surface area contributed by atoms with Crippen LogP contribution in [-0.2, 0) is 9.59 Å². The van der Waals surface area contributed by atoms with E-state index in [1.54, 1.807) is 24.3 Å². The Morgan fingerprint density at radius 3 is 2.44 bits per heavy atom. The highest BCUT2D eigenvalue weighted by molar-refractivity contribution is 6.04. The summed E-state index contributed by atoms with van der Waals surface area (Å²) in [5.74, 6) is -0.178. The Bertz CT molecular complexity index is 888. The Labute approximate surface area is 158 Å². The zero-order valence-corrected chi connectivity index (χ0v) is 15.5. The molecule has 0 unspecified atom stereocenters. The first-order valence-corrected chi connectivity index (χ1v) is 8.99. The van der Waals surface area contributed by atoms with Gasteiger partial charge >= 0.3 is 0 Å². The lowest BCUT2D eigenvalue weighted by Gasteiger charge is -2.13. The first-order valence-electron chi connectivity index (χ1n) is 8.99. The van der Waals surface area contributed by atoms with Crippen molar-refractivity contribution in [1.29, 1.82) is 0 Å². The predicted octanol–water partition coefficient (Wildman–Crippen LogP) is 3.60. The summed E-state index contributed by atoms with van der Waals surface area (Å²) < 4.78 is 0. The highest BCUT2D eigenvalue weighted by Crippen LogP contribution is 2.30. The van der Waals surface area contributed by atoms with Crippen molar-refractivity contribution in [3.8, 4) is 0 Å². The zero-order chi connectivity index (χ0) is 19.4. The van der Waals surface area contributed by atoms with Crippen LogP contribution >= 0.6 is 0 Å². The number of carbonyl (C=O) groups is 3. The average Bonchev–Trinajstić information content (AvgIpc) is 3.47. The van der Waals surface area contributed by atoms with Crippen molar-refractivity contribution < 1.29 is 14.4 Å². The standard InChI is InChI=1S/C21H23N3O3/c1-13-7-10-16(23-21(27)15-8-9-15)11-19(13)22-12-20(26)24-18-6-4-3-5-17(18)14(2)25/h3-7,10-11,15,22H,8-9,12H2,1-2H3,(H,23,27)(H,24,26). The summed E-state index contributed by atoms with van der Waals surface area (Å²) >= 11 is 0. The number of Topliss-reactive ketones (excluding diaryl/α,β-unsaturated/α-hetero) is 1. The first-order chi connectivity index (χ1) is 12.9. The van der Waals surface area contributed by atoms with E-state index < -0.39 is 0 Å². The molecule has 1 aliphatic carbocycles. The van der Waals surface area contributed by atoms with Crippen LogP contribution in [0.25, 0.3) is 0 Å². The van der Waals surface area contributed by atoms with Crippen LogP contribution in [-0.4, -0.2) is 24.1 Å². The lowest BCUT2D eigenvalue weighted by molar-refractivity contribution is -0.117. The molecule has 3 N–H and O–H groups in total. The minimum absolute atomic E-state index is 0.0448. The molecule has 1 saturated carbocycles. The van der Waals surface area contributed by atoms with Gasteiger partial charge < -0.3 is 16.0 Å². The maximum Gasteiger partial charge on any atom is 0.243 e. The molecule has 140 valence electrons. The summed E-state index contributed by atoms with van der Waals surface area (Å²) in [4.78, 5) is 35.8. The number of hydrogen-bond donors (Lipinski definition) is 3. The Hall–Kier alpha value is -3.15. The topological polar surface area (TPSA) is 87.3 Å². The third-order valence-corrected chi connectivity index (χ3v) is 4.47. The summed E-state index contributed by atoms with van der Waals surface area (Å²) in [6.07, 6.45) is 1.90. The van der Waals surface area contributed by atoms with Crippen LogP contribution in [0.5, 0.6) is 0 Å². The fraction of sp³-hybridized carbons (Fsp3) is 0.286. The highest BCUT2D eigenvalue weighted by atomic mass is 16.2. The SMILES string of the molecule is CC(=O)c1ccccc1NC(=O)CNc1cc(NC(=O)C2CC2)ccc1C. The Kier molecular flexibility index (Phi) is 5.54. The molecule has 0 atom stereocenters. The van der Waals surface area contributed by atoms with E-state index in [1.165, 1.54) is 6.92 Å². The fourth-order valence-electron chi connectivity index (χ4n) is 2.75. The minimum atomic E-state index is -0.254. The molecule has 2 amide bonds. The number of amides is 2. The van der Waals surface area contributed by atoms with Gasteiger partial charge in [0.05, 0.1) is 12.2 Å². The molecule has 0 aliphatic heterocycles. The molecule has 1 aliphatic rings. The van der Waals surface area contributed by atoms with Gasteiger partial charge in [-0.3, -0.25) is 14.4 Å². The Balaban J connectivity index is 1.61. The number of hydrogen-bond acceptors (Lipinski definition) is 4. The van der Waals surface area contributed by atoms with Gasteiger partial charge in [-0.2, -0.15) is 0 Å². The lowest BCUT2D eigenvalue weighted by atomic mass is 10.1. The van der Waals surface area contributed by atoms with Crippen LogP contribution in [0.4, 0.5) is 17.1 Å². The van der Waals surface area contributed by atoms with Gasteiger partial charge in [-0.05, 0) is 56.5 Å². The number of nitrogens with one attached hydrogen (secondary N) is 3. The lowest BCUT2D eigenvalue weighted by Crippen LogP contribution is -2.23. The molecule has 2 aromatic rings. The molecule has 0 heterocycles. The van der Waals surface area contributed by atoms with Gasteiger partial charge in [-0.1, -0.05) is 18.2 Å². The molecular formula is C21H23N3O3. The molecule has 0 radical (unpaired) electrons. The monoisotopic (exact) mass is 365 g/mol. The van der Waals surface area contributed by atoms with E-state index in [4.69, 9.17) is 0 Å². The Morgan fingerprint density at radius 2 is 1.74 bits per heavy atom. The normalized spacial score (nSPS) is 13.0. The number of anilines is 3. The summed E-state index contributed by atoms with van der Waals surface area (Å²) in [5, 5.41) is 8.75. The maximum absolute atomic E-state index is 12.3. The molecule has 0 spiro atoms. The number of para-hydroxylation sites is 1. The van der Waals surface area contributed by atoms with Crippen molar-refractivity contribution in [2.24, 2.45) is 5.92 Å². The summed E-state index contributed by atoms with van der Waals surface area (Å²) in [7, 11) is 0. The summed E-state index contributed by atoms with van der Waals surface area (Å²) in [6.45, 7) is 3.44. The van der Waals surface area contributed by atoms with E-state index in [0.29, 0.717) is 16.9 Å². The second-order valence-electron chi connectivity index (χ2n) is 6.80. The van der Waals surface area contributed by atoms with E-state index in [2.05, 4.69) is 16.0 Å². The van der Waals surface area contributed by atoms with Crippen molar-refractivity contribution in [3.05, 3.63) is 53.6 Å². The second kappa shape index (κ2) is 8.03. The van der Waals surface area contributed by atoms with Gasteiger partial charge in [-0.25, -0.2) is 0 Å². The van der Waals surface area contributed by atoms with Crippen molar-refractivity contribution >= 4 is 34.7 Å². The van der Waals surface area contributed by atoms with Crippen LogP contribution in [0.3, 0.4) is 0 Å². The average molecular weight is 365 g/mol. The first kappa shape index (κ1) is 18.6. The van der Waals surface area contributed by atoms with Crippen molar-refractivity contribution in [2.75, 3.05) is 22.5 Å². The van der Waals surface area contributed by atoms with Crippen molar-refractivity contribution in [1.82, 2.24) is 0 Å². The summed E-state index contributed by atoms with van der Waals surface area (Å²) in [5.41, 5.74) is 3.43. The Morgan fingerprint density at radius 1 is 1.00 bits per heavy atom. The van der Waals surface area contributed by atoms with Gasteiger partial charge in [0.2, 0.25) is 11.8 Å². The second-order valence-corrected chi connectivity index (χ2v) is 6.80. The zero-order valence-electron chi connectivity index (χ0n) is 15.5. The number of rotatable bonds is 7. The largest absolute Gasteiger partial charge is 0.376 e. The molecule has 2 aromatic carbocycles. The minimum Gasteiger partial charge on any atom is -0.376 e. The van der Waals surface area contributed by atoms with Crippen LogP contribution in [0.15, 0.2) is 42.5 Å². The quantitative estimate of drug-likeness (QED) is 0.654. The van der Waals surface area contributed by atoms with Gasteiger partial charge in [0.1, 0.15) is 0 Å². The number of carbonyl (C=O) groups excluding carboxylic acids is 3. The van der Waals surface area contributed by atoms with E-state index in [0.717, 1.165) is 24.1 Å². The van der Waals surface area contributed by atoms with Gasteiger partial charge in [0, 0.05) is 22.9 Å². The molecule has 6 nitrogen and oxygen atoms in total. The van der Waals surface area contributed by atoms with Crippen molar-refractivity contribution in [2.45, 2.75) is 26.7 Å².